The third-order valence-electron chi connectivity index (χ3n) is 4.69. The number of rotatable bonds is 7. The molecule has 3 rings (SSSR count). The van der Waals surface area contributed by atoms with Gasteiger partial charge in [0.2, 0.25) is 0 Å². The fraction of sp³-hybridized carbons (Fsp3) is 0.227. The van der Waals surface area contributed by atoms with Crippen molar-refractivity contribution in [3.8, 4) is 0 Å². The summed E-state index contributed by atoms with van der Waals surface area (Å²) in [5.41, 5.74) is 4.43. The zero-order valence-electron chi connectivity index (χ0n) is 15.1. The van der Waals surface area contributed by atoms with Crippen LogP contribution in [0.4, 0.5) is 5.69 Å². The molecule has 0 saturated heterocycles. The van der Waals surface area contributed by atoms with Crippen molar-refractivity contribution in [2.24, 2.45) is 5.18 Å². The van der Waals surface area contributed by atoms with E-state index in [0.29, 0.717) is 6.42 Å². The van der Waals surface area contributed by atoms with Crippen molar-refractivity contribution in [2.75, 3.05) is 19.0 Å². The molecule has 0 amide bonds. The predicted octanol–water partition coefficient (Wildman–Crippen LogP) is 5.18. The molecule has 2 aromatic carbocycles. The van der Waals surface area contributed by atoms with Crippen molar-refractivity contribution in [1.82, 2.24) is 4.98 Å². The number of aromatic nitrogens is 1. The van der Waals surface area contributed by atoms with E-state index >= 15 is 0 Å². The molecule has 4 nitrogen and oxygen atoms in total. The first kappa shape index (κ1) is 17.8. The van der Waals surface area contributed by atoms with E-state index in [4.69, 9.17) is 0 Å². The zero-order chi connectivity index (χ0) is 18.4. The Hall–Kier alpha value is -3.01. The first-order valence-electron chi connectivity index (χ1n) is 8.73. The number of nitroso groups, excluding NO2 is 1. The SMILES string of the molecule is CN(C)c1ccc(C(CC(N=O)c2ccncc2)c2ccccc2)cc1. The maximum absolute atomic E-state index is 11.6. The number of benzene rings is 2. The highest BCUT2D eigenvalue weighted by Crippen LogP contribution is 2.36. The highest BCUT2D eigenvalue weighted by atomic mass is 16.3. The second kappa shape index (κ2) is 8.39. The van der Waals surface area contributed by atoms with Gasteiger partial charge >= 0.3 is 0 Å². The van der Waals surface area contributed by atoms with Crippen LogP contribution >= 0.6 is 0 Å². The molecule has 0 aliphatic carbocycles. The summed E-state index contributed by atoms with van der Waals surface area (Å²) in [4.78, 5) is 17.7. The molecule has 0 bridgehead atoms. The smallest absolute Gasteiger partial charge is 0.118 e. The van der Waals surface area contributed by atoms with Crippen LogP contribution in [0.5, 0.6) is 0 Å². The fourth-order valence-corrected chi connectivity index (χ4v) is 3.20. The number of hydrogen-bond donors (Lipinski definition) is 0. The highest BCUT2D eigenvalue weighted by Gasteiger charge is 2.22. The minimum Gasteiger partial charge on any atom is -0.378 e. The van der Waals surface area contributed by atoms with E-state index in [1.165, 1.54) is 11.1 Å². The Kier molecular flexibility index (Phi) is 5.74. The highest BCUT2D eigenvalue weighted by molar-refractivity contribution is 5.48. The molecular weight excluding hydrogens is 322 g/mol. The van der Waals surface area contributed by atoms with Gasteiger partial charge in [0.1, 0.15) is 6.04 Å². The molecule has 0 spiro atoms. The number of anilines is 1. The van der Waals surface area contributed by atoms with Gasteiger partial charge in [0.15, 0.2) is 0 Å². The Labute approximate surface area is 154 Å². The van der Waals surface area contributed by atoms with Crippen LogP contribution in [0.25, 0.3) is 0 Å². The molecule has 0 radical (unpaired) electrons. The van der Waals surface area contributed by atoms with E-state index in [0.717, 1.165) is 11.3 Å². The Balaban J connectivity index is 1.94. The normalized spacial score (nSPS) is 13.0. The van der Waals surface area contributed by atoms with E-state index in [-0.39, 0.29) is 5.92 Å². The lowest BCUT2D eigenvalue weighted by molar-refractivity contribution is 0.594. The summed E-state index contributed by atoms with van der Waals surface area (Å²) in [6.45, 7) is 0. The summed E-state index contributed by atoms with van der Waals surface area (Å²) in [6.07, 6.45) is 4.03. The summed E-state index contributed by atoms with van der Waals surface area (Å²) in [7, 11) is 4.05. The minimum absolute atomic E-state index is 0.100. The largest absolute Gasteiger partial charge is 0.378 e. The number of hydrogen-bond acceptors (Lipinski definition) is 4. The average molecular weight is 345 g/mol. The maximum Gasteiger partial charge on any atom is 0.118 e. The lowest BCUT2D eigenvalue weighted by Gasteiger charge is -2.22. The lowest BCUT2D eigenvalue weighted by atomic mass is 9.84. The van der Waals surface area contributed by atoms with Gasteiger partial charge in [-0.3, -0.25) is 4.98 Å². The van der Waals surface area contributed by atoms with Crippen LogP contribution in [0.2, 0.25) is 0 Å². The summed E-state index contributed by atoms with van der Waals surface area (Å²) in [5.74, 6) is 0.100. The van der Waals surface area contributed by atoms with Gasteiger partial charge in [0.05, 0.1) is 0 Å². The van der Waals surface area contributed by atoms with E-state index in [9.17, 15) is 4.91 Å². The van der Waals surface area contributed by atoms with Crippen molar-refractivity contribution in [3.05, 3.63) is 101 Å². The van der Waals surface area contributed by atoms with Crippen molar-refractivity contribution in [1.29, 1.82) is 0 Å². The standard InChI is InChI=1S/C22H23N3O/c1-25(2)20-10-8-18(9-11-20)21(17-6-4-3-5-7-17)16-22(24-26)19-12-14-23-15-13-19/h3-15,21-22H,16H2,1-2H3. The van der Waals surface area contributed by atoms with Crippen molar-refractivity contribution < 1.29 is 0 Å². The lowest BCUT2D eigenvalue weighted by Crippen LogP contribution is -2.10. The summed E-state index contributed by atoms with van der Waals surface area (Å²) in [6, 6.07) is 22.1. The number of nitrogens with zero attached hydrogens (tertiary/aromatic N) is 3. The van der Waals surface area contributed by atoms with Gasteiger partial charge < -0.3 is 4.90 Å². The first-order valence-corrected chi connectivity index (χ1v) is 8.73. The molecule has 3 aromatic rings. The zero-order valence-corrected chi connectivity index (χ0v) is 15.1. The monoisotopic (exact) mass is 345 g/mol. The average Bonchev–Trinajstić information content (AvgIpc) is 2.70. The molecule has 0 saturated carbocycles. The van der Waals surface area contributed by atoms with Gasteiger partial charge in [0, 0.05) is 38.1 Å². The molecule has 0 fully saturated rings. The molecule has 1 heterocycles. The van der Waals surface area contributed by atoms with Gasteiger partial charge in [-0.25, -0.2) is 0 Å². The van der Waals surface area contributed by atoms with Crippen molar-refractivity contribution in [2.45, 2.75) is 18.4 Å². The van der Waals surface area contributed by atoms with E-state index in [2.05, 4.69) is 51.5 Å². The van der Waals surface area contributed by atoms with Crippen LogP contribution in [0.1, 0.15) is 35.1 Å². The van der Waals surface area contributed by atoms with Gasteiger partial charge in [-0.15, -0.1) is 0 Å². The second-order valence-electron chi connectivity index (χ2n) is 6.59. The topological polar surface area (TPSA) is 45.6 Å². The van der Waals surface area contributed by atoms with E-state index < -0.39 is 6.04 Å². The molecule has 26 heavy (non-hydrogen) atoms. The summed E-state index contributed by atoms with van der Waals surface area (Å²) >= 11 is 0. The molecule has 2 atom stereocenters. The van der Waals surface area contributed by atoms with Gasteiger partial charge in [-0.2, -0.15) is 4.91 Å². The van der Waals surface area contributed by atoms with Crippen molar-refractivity contribution >= 4 is 5.69 Å². The van der Waals surface area contributed by atoms with Crippen LogP contribution in [-0.2, 0) is 0 Å². The molecule has 0 N–H and O–H groups in total. The first-order chi connectivity index (χ1) is 12.7. The van der Waals surface area contributed by atoms with Crippen LogP contribution < -0.4 is 4.90 Å². The Morgan fingerprint density at radius 1 is 0.846 bits per heavy atom. The van der Waals surface area contributed by atoms with Crippen LogP contribution in [0.3, 0.4) is 0 Å². The minimum atomic E-state index is -0.406. The number of pyridine rings is 1. The maximum atomic E-state index is 11.6. The Bertz CT molecular complexity index is 817. The predicted molar refractivity (Wildman–Crippen MR) is 106 cm³/mol. The molecule has 4 heteroatoms. The quantitative estimate of drug-likeness (QED) is 0.554. The Morgan fingerprint density at radius 2 is 1.46 bits per heavy atom. The van der Waals surface area contributed by atoms with Crippen LogP contribution in [0.15, 0.2) is 84.3 Å². The second-order valence-corrected chi connectivity index (χ2v) is 6.59. The molecular formula is C22H23N3O. The van der Waals surface area contributed by atoms with Crippen LogP contribution in [0, 0.1) is 4.91 Å². The third-order valence-corrected chi connectivity index (χ3v) is 4.69. The molecule has 0 aliphatic rings. The fourth-order valence-electron chi connectivity index (χ4n) is 3.20. The summed E-state index contributed by atoms with van der Waals surface area (Å²) in [5, 5.41) is 3.41. The van der Waals surface area contributed by atoms with Gasteiger partial charge in [-0.05, 0) is 47.4 Å². The third kappa shape index (κ3) is 4.14. The van der Waals surface area contributed by atoms with E-state index in [1.54, 1.807) is 12.4 Å². The Morgan fingerprint density at radius 3 is 2.04 bits per heavy atom. The molecule has 2 unspecified atom stereocenters. The van der Waals surface area contributed by atoms with Gasteiger partial charge in [-0.1, -0.05) is 47.6 Å². The van der Waals surface area contributed by atoms with Crippen LogP contribution in [-0.4, -0.2) is 19.1 Å². The molecule has 132 valence electrons. The molecule has 1 aromatic heterocycles. The molecule has 0 aliphatic heterocycles. The van der Waals surface area contributed by atoms with Crippen molar-refractivity contribution in [3.63, 3.8) is 0 Å². The van der Waals surface area contributed by atoms with E-state index in [1.807, 2.05) is 44.4 Å². The van der Waals surface area contributed by atoms with Gasteiger partial charge in [0.25, 0.3) is 0 Å². The summed E-state index contributed by atoms with van der Waals surface area (Å²) < 4.78 is 0.